The number of hydrogen-bond acceptors (Lipinski definition) is 3. The molecule has 1 rings (SSSR count). The molecule has 15 heavy (non-hydrogen) atoms. The summed E-state index contributed by atoms with van der Waals surface area (Å²) < 4.78 is 0. The zero-order valence-corrected chi connectivity index (χ0v) is 9.70. The molecule has 0 aromatic heterocycles. The lowest BCUT2D eigenvalue weighted by Crippen LogP contribution is -2.41. The first kappa shape index (κ1) is 12.5. The lowest BCUT2D eigenvalue weighted by molar-refractivity contribution is -0.136. The summed E-state index contributed by atoms with van der Waals surface area (Å²) in [6.45, 7) is 6.14. The first-order valence-corrected chi connectivity index (χ1v) is 5.82. The molecule has 4 heteroatoms. The number of nitrogens with one attached hydrogen (secondary N) is 1. The minimum absolute atomic E-state index is 0.0112. The Morgan fingerprint density at radius 1 is 1.60 bits per heavy atom. The molecule has 1 atom stereocenters. The van der Waals surface area contributed by atoms with Gasteiger partial charge in [0.25, 0.3) is 0 Å². The van der Waals surface area contributed by atoms with Gasteiger partial charge in [0.15, 0.2) is 0 Å². The second kappa shape index (κ2) is 6.08. The van der Waals surface area contributed by atoms with E-state index in [2.05, 4.69) is 5.32 Å². The Balaban J connectivity index is 2.39. The standard InChI is InChI=1S/C11H22N2O2/c1-3-12-8-9(2)11(15)13(6-7-14)10-4-5-10/h9-10,12,14H,3-8H2,1-2H3. The molecule has 1 amide bonds. The van der Waals surface area contributed by atoms with Crippen LogP contribution >= 0.6 is 0 Å². The van der Waals surface area contributed by atoms with Crippen molar-refractivity contribution in [2.75, 3.05) is 26.2 Å². The molecule has 88 valence electrons. The highest BCUT2D eigenvalue weighted by Gasteiger charge is 2.33. The van der Waals surface area contributed by atoms with E-state index in [9.17, 15) is 4.79 Å². The number of carbonyl (C=O) groups is 1. The Morgan fingerprint density at radius 3 is 2.73 bits per heavy atom. The van der Waals surface area contributed by atoms with Gasteiger partial charge < -0.3 is 15.3 Å². The van der Waals surface area contributed by atoms with Crippen molar-refractivity contribution < 1.29 is 9.90 Å². The quantitative estimate of drug-likeness (QED) is 0.637. The lowest BCUT2D eigenvalue weighted by atomic mass is 10.1. The van der Waals surface area contributed by atoms with Gasteiger partial charge in [0.1, 0.15) is 0 Å². The predicted octanol–water partition coefficient (Wildman–Crippen LogP) is 0.215. The highest BCUT2D eigenvalue weighted by Crippen LogP contribution is 2.27. The van der Waals surface area contributed by atoms with Crippen LogP contribution in [0.3, 0.4) is 0 Å². The van der Waals surface area contributed by atoms with Gasteiger partial charge in [-0.25, -0.2) is 0 Å². The number of carbonyl (C=O) groups excluding carboxylic acids is 1. The van der Waals surface area contributed by atoms with Gasteiger partial charge in [-0.15, -0.1) is 0 Å². The van der Waals surface area contributed by atoms with E-state index < -0.39 is 0 Å². The third kappa shape index (κ3) is 3.80. The molecule has 1 aliphatic carbocycles. The van der Waals surface area contributed by atoms with Crippen LogP contribution in [0.25, 0.3) is 0 Å². The number of hydrogen-bond donors (Lipinski definition) is 2. The van der Waals surface area contributed by atoms with Crippen molar-refractivity contribution in [1.82, 2.24) is 10.2 Å². The Labute approximate surface area is 91.6 Å². The number of nitrogens with zero attached hydrogens (tertiary/aromatic N) is 1. The van der Waals surface area contributed by atoms with Crippen molar-refractivity contribution in [2.45, 2.75) is 32.7 Å². The minimum Gasteiger partial charge on any atom is -0.395 e. The molecule has 0 spiro atoms. The summed E-state index contributed by atoms with van der Waals surface area (Å²) in [4.78, 5) is 13.8. The molecule has 0 radical (unpaired) electrons. The van der Waals surface area contributed by atoms with E-state index in [-0.39, 0.29) is 18.4 Å². The molecule has 2 N–H and O–H groups in total. The normalized spacial score (nSPS) is 17.5. The van der Waals surface area contributed by atoms with Crippen molar-refractivity contribution in [1.29, 1.82) is 0 Å². The van der Waals surface area contributed by atoms with E-state index in [1.165, 1.54) is 0 Å². The largest absolute Gasteiger partial charge is 0.395 e. The van der Waals surface area contributed by atoms with Crippen molar-refractivity contribution in [3.05, 3.63) is 0 Å². The van der Waals surface area contributed by atoms with Crippen LogP contribution in [0.4, 0.5) is 0 Å². The van der Waals surface area contributed by atoms with Crippen molar-refractivity contribution in [2.24, 2.45) is 5.92 Å². The summed E-state index contributed by atoms with van der Waals surface area (Å²) >= 11 is 0. The van der Waals surface area contributed by atoms with Gasteiger partial charge >= 0.3 is 0 Å². The number of aliphatic hydroxyl groups excluding tert-OH is 1. The average molecular weight is 214 g/mol. The van der Waals surface area contributed by atoms with E-state index >= 15 is 0 Å². The van der Waals surface area contributed by atoms with E-state index in [4.69, 9.17) is 5.11 Å². The average Bonchev–Trinajstić information content (AvgIpc) is 3.05. The molecule has 0 saturated heterocycles. The molecule has 0 aromatic rings. The predicted molar refractivity (Wildman–Crippen MR) is 59.5 cm³/mol. The Morgan fingerprint density at radius 2 is 2.27 bits per heavy atom. The van der Waals surface area contributed by atoms with E-state index in [1.54, 1.807) is 0 Å². The van der Waals surface area contributed by atoms with E-state index in [0.717, 1.165) is 25.9 Å². The van der Waals surface area contributed by atoms with Gasteiger partial charge in [0, 0.05) is 25.0 Å². The third-order valence-corrected chi connectivity index (χ3v) is 2.73. The molecule has 4 nitrogen and oxygen atoms in total. The van der Waals surface area contributed by atoms with Crippen LogP contribution < -0.4 is 5.32 Å². The molecule has 0 heterocycles. The summed E-state index contributed by atoms with van der Waals surface area (Å²) in [5, 5.41) is 12.1. The molecule has 1 aliphatic rings. The van der Waals surface area contributed by atoms with Gasteiger partial charge in [-0.05, 0) is 19.4 Å². The Hall–Kier alpha value is -0.610. The highest BCUT2D eigenvalue weighted by molar-refractivity contribution is 5.79. The van der Waals surface area contributed by atoms with Gasteiger partial charge in [0.05, 0.1) is 6.61 Å². The van der Waals surface area contributed by atoms with Crippen LogP contribution in [0.5, 0.6) is 0 Å². The lowest BCUT2D eigenvalue weighted by Gasteiger charge is -2.25. The van der Waals surface area contributed by atoms with Crippen molar-refractivity contribution in [3.8, 4) is 0 Å². The maximum atomic E-state index is 12.0. The fourth-order valence-corrected chi connectivity index (χ4v) is 1.70. The summed E-state index contributed by atoms with van der Waals surface area (Å²) in [7, 11) is 0. The Bertz CT molecular complexity index is 205. The van der Waals surface area contributed by atoms with Crippen molar-refractivity contribution >= 4 is 5.91 Å². The first-order valence-electron chi connectivity index (χ1n) is 5.82. The van der Waals surface area contributed by atoms with E-state index in [1.807, 2.05) is 18.7 Å². The molecule has 1 saturated carbocycles. The van der Waals surface area contributed by atoms with Gasteiger partial charge in [0.2, 0.25) is 5.91 Å². The second-order valence-electron chi connectivity index (χ2n) is 4.20. The smallest absolute Gasteiger partial charge is 0.227 e. The van der Waals surface area contributed by atoms with Gasteiger partial charge in [-0.3, -0.25) is 4.79 Å². The number of rotatable bonds is 7. The fraction of sp³-hybridized carbons (Fsp3) is 0.909. The summed E-state index contributed by atoms with van der Waals surface area (Å²) in [6.07, 6.45) is 2.19. The maximum Gasteiger partial charge on any atom is 0.227 e. The topological polar surface area (TPSA) is 52.6 Å². The third-order valence-electron chi connectivity index (χ3n) is 2.73. The van der Waals surface area contributed by atoms with Crippen molar-refractivity contribution in [3.63, 3.8) is 0 Å². The number of aliphatic hydroxyl groups is 1. The zero-order valence-electron chi connectivity index (χ0n) is 9.70. The molecule has 0 aromatic carbocycles. The maximum absolute atomic E-state index is 12.0. The Kier molecular flexibility index (Phi) is 5.05. The van der Waals surface area contributed by atoms with Crippen LogP contribution in [0, 0.1) is 5.92 Å². The van der Waals surface area contributed by atoms with Crippen LogP contribution in [-0.4, -0.2) is 48.2 Å². The van der Waals surface area contributed by atoms with Crippen LogP contribution in [0.1, 0.15) is 26.7 Å². The van der Waals surface area contributed by atoms with Crippen LogP contribution in [-0.2, 0) is 4.79 Å². The number of amides is 1. The fourth-order valence-electron chi connectivity index (χ4n) is 1.70. The molecule has 0 aliphatic heterocycles. The summed E-state index contributed by atoms with van der Waals surface area (Å²) in [5.41, 5.74) is 0. The summed E-state index contributed by atoms with van der Waals surface area (Å²) in [6, 6.07) is 0.397. The summed E-state index contributed by atoms with van der Waals surface area (Å²) in [5.74, 6) is 0.185. The molecule has 0 bridgehead atoms. The SMILES string of the molecule is CCNCC(C)C(=O)N(CCO)C1CC1. The van der Waals surface area contributed by atoms with E-state index in [0.29, 0.717) is 12.6 Å². The zero-order chi connectivity index (χ0) is 11.3. The highest BCUT2D eigenvalue weighted by atomic mass is 16.3. The minimum atomic E-state index is 0.0112. The molecule has 1 unspecified atom stereocenters. The van der Waals surface area contributed by atoms with Crippen LogP contribution in [0.15, 0.2) is 0 Å². The monoisotopic (exact) mass is 214 g/mol. The second-order valence-corrected chi connectivity index (χ2v) is 4.20. The van der Waals surface area contributed by atoms with Gasteiger partial charge in [-0.2, -0.15) is 0 Å². The molecular weight excluding hydrogens is 192 g/mol. The molecule has 1 fully saturated rings. The first-order chi connectivity index (χ1) is 7.20. The van der Waals surface area contributed by atoms with Crippen LogP contribution in [0.2, 0.25) is 0 Å². The van der Waals surface area contributed by atoms with Gasteiger partial charge in [-0.1, -0.05) is 13.8 Å². The molecular formula is C11H22N2O2.